The van der Waals surface area contributed by atoms with E-state index in [1.54, 1.807) is 6.07 Å². The van der Waals surface area contributed by atoms with E-state index in [-0.39, 0.29) is 22.6 Å². The van der Waals surface area contributed by atoms with Gasteiger partial charge >= 0.3 is 5.69 Å². The summed E-state index contributed by atoms with van der Waals surface area (Å²) in [5.74, 6) is 0.706. The molecular formula is C21H22N2O5. The Labute approximate surface area is 163 Å². The van der Waals surface area contributed by atoms with Gasteiger partial charge in [0.2, 0.25) is 17.2 Å². The molecule has 2 heterocycles. The van der Waals surface area contributed by atoms with Gasteiger partial charge in [0.25, 0.3) is 0 Å². The Hall–Kier alpha value is -3.22. The molecule has 4 rings (SSSR count). The van der Waals surface area contributed by atoms with Gasteiger partial charge in [0.05, 0.1) is 30.1 Å². The van der Waals surface area contributed by atoms with Crippen LogP contribution in [0.4, 0.5) is 11.4 Å². The highest BCUT2D eigenvalue weighted by atomic mass is 16.6. The molecule has 2 aromatic carbocycles. The molecule has 0 aromatic heterocycles. The number of methoxy groups -OCH3 is 2. The van der Waals surface area contributed by atoms with E-state index in [0.29, 0.717) is 11.3 Å². The second-order valence-electron chi connectivity index (χ2n) is 7.46. The van der Waals surface area contributed by atoms with Gasteiger partial charge in [0.1, 0.15) is 5.75 Å². The third kappa shape index (κ3) is 2.10. The standard InChI is InChI=1S/C21H22N2O5/c1-20(2)14-8-6-7-9-15(14)22(3)21(20)11-10-13-16(28-21)12-17(26-4)18(23(24)25)19(13)27-5/h6-12H,1-5H3/t21-/m0/s1. The van der Waals surface area contributed by atoms with Gasteiger partial charge in [0.15, 0.2) is 0 Å². The zero-order valence-electron chi connectivity index (χ0n) is 16.5. The molecule has 0 amide bonds. The molecule has 0 saturated carbocycles. The quantitative estimate of drug-likeness (QED) is 0.587. The average Bonchev–Trinajstić information content (AvgIpc) is 2.85. The van der Waals surface area contributed by atoms with Crippen LogP contribution in [0, 0.1) is 10.1 Å². The summed E-state index contributed by atoms with van der Waals surface area (Å²) in [5, 5.41) is 11.6. The number of ether oxygens (including phenoxy) is 3. The third-order valence-electron chi connectivity index (χ3n) is 5.90. The molecule has 0 N–H and O–H groups in total. The molecule has 0 saturated heterocycles. The Kier molecular flexibility index (Phi) is 3.82. The zero-order valence-corrected chi connectivity index (χ0v) is 16.5. The molecule has 1 atom stereocenters. The summed E-state index contributed by atoms with van der Waals surface area (Å²) in [6, 6.07) is 9.75. The van der Waals surface area contributed by atoms with E-state index in [1.165, 1.54) is 19.8 Å². The topological polar surface area (TPSA) is 74.1 Å². The lowest BCUT2D eigenvalue weighted by atomic mass is 9.76. The van der Waals surface area contributed by atoms with Gasteiger partial charge in [-0.25, -0.2) is 0 Å². The van der Waals surface area contributed by atoms with Crippen LogP contribution < -0.4 is 19.1 Å². The number of hydrogen-bond donors (Lipinski definition) is 0. The van der Waals surface area contributed by atoms with Crippen LogP contribution in [0.15, 0.2) is 36.4 Å². The Bertz CT molecular complexity index is 1010. The second kappa shape index (κ2) is 5.89. The highest BCUT2D eigenvalue weighted by Crippen LogP contribution is 2.56. The fourth-order valence-corrected chi connectivity index (χ4v) is 4.39. The number of nitro groups is 1. The normalized spacial score (nSPS) is 21.1. The van der Waals surface area contributed by atoms with Crippen LogP contribution in [-0.4, -0.2) is 31.9 Å². The maximum absolute atomic E-state index is 11.6. The van der Waals surface area contributed by atoms with Crippen LogP contribution in [0.1, 0.15) is 25.0 Å². The fraction of sp³-hybridized carbons (Fsp3) is 0.333. The maximum Gasteiger partial charge on any atom is 0.353 e. The van der Waals surface area contributed by atoms with Gasteiger partial charge in [-0.3, -0.25) is 10.1 Å². The van der Waals surface area contributed by atoms with Gasteiger partial charge < -0.3 is 19.1 Å². The minimum Gasteiger partial charge on any atom is -0.490 e. The van der Waals surface area contributed by atoms with Crippen molar-refractivity contribution in [1.29, 1.82) is 0 Å². The first-order chi connectivity index (χ1) is 13.3. The largest absolute Gasteiger partial charge is 0.490 e. The van der Waals surface area contributed by atoms with Crippen LogP contribution in [0.2, 0.25) is 0 Å². The Balaban J connectivity index is 1.93. The molecule has 2 aromatic rings. The minimum atomic E-state index is -0.782. The summed E-state index contributed by atoms with van der Waals surface area (Å²) in [5.41, 5.74) is 1.42. The van der Waals surface area contributed by atoms with Crippen molar-refractivity contribution in [3.63, 3.8) is 0 Å². The lowest BCUT2D eigenvalue weighted by Gasteiger charge is -2.45. The van der Waals surface area contributed by atoms with Crippen LogP contribution in [-0.2, 0) is 5.41 Å². The number of anilines is 1. The van der Waals surface area contributed by atoms with Crippen molar-refractivity contribution < 1.29 is 19.1 Å². The van der Waals surface area contributed by atoms with E-state index in [1.807, 2.05) is 31.3 Å². The molecule has 0 unspecified atom stereocenters. The Morgan fingerprint density at radius 2 is 1.89 bits per heavy atom. The van der Waals surface area contributed by atoms with Crippen LogP contribution in [0.3, 0.4) is 0 Å². The summed E-state index contributed by atoms with van der Waals surface area (Å²) >= 11 is 0. The molecule has 1 spiro atoms. The third-order valence-corrected chi connectivity index (χ3v) is 5.90. The number of hydrogen-bond acceptors (Lipinski definition) is 6. The van der Waals surface area contributed by atoms with Gasteiger partial charge in [-0.15, -0.1) is 0 Å². The summed E-state index contributed by atoms with van der Waals surface area (Å²) in [4.78, 5) is 13.2. The summed E-state index contributed by atoms with van der Waals surface area (Å²) in [6.45, 7) is 4.26. The monoisotopic (exact) mass is 382 g/mol. The maximum atomic E-state index is 11.6. The van der Waals surface area contributed by atoms with Gasteiger partial charge in [-0.05, 0) is 37.6 Å². The van der Waals surface area contributed by atoms with E-state index in [9.17, 15) is 10.1 Å². The van der Waals surface area contributed by atoms with Gasteiger partial charge in [-0.2, -0.15) is 0 Å². The van der Waals surface area contributed by atoms with E-state index in [2.05, 4.69) is 30.9 Å². The number of fused-ring (bicyclic) bond motifs is 2. The first-order valence-corrected chi connectivity index (χ1v) is 8.93. The lowest BCUT2D eigenvalue weighted by molar-refractivity contribution is -0.386. The van der Waals surface area contributed by atoms with Crippen molar-refractivity contribution in [3.8, 4) is 17.2 Å². The predicted octanol–water partition coefficient (Wildman–Crippen LogP) is 4.14. The first kappa shape index (κ1) is 18.2. The van der Waals surface area contributed by atoms with Crippen molar-refractivity contribution in [2.75, 3.05) is 26.2 Å². The number of rotatable bonds is 3. The van der Waals surface area contributed by atoms with Gasteiger partial charge in [-0.1, -0.05) is 18.2 Å². The van der Waals surface area contributed by atoms with Crippen molar-refractivity contribution in [1.82, 2.24) is 0 Å². The van der Waals surface area contributed by atoms with Crippen molar-refractivity contribution >= 4 is 17.5 Å². The average molecular weight is 382 g/mol. The molecule has 146 valence electrons. The van der Waals surface area contributed by atoms with E-state index >= 15 is 0 Å². The number of benzene rings is 2. The van der Waals surface area contributed by atoms with Gasteiger partial charge in [0, 0.05) is 18.8 Å². The van der Waals surface area contributed by atoms with Crippen molar-refractivity contribution in [2.45, 2.75) is 25.0 Å². The highest BCUT2D eigenvalue weighted by molar-refractivity contribution is 5.79. The summed E-state index contributed by atoms with van der Waals surface area (Å²) in [6.07, 6.45) is 3.79. The second-order valence-corrected chi connectivity index (χ2v) is 7.46. The molecule has 7 heteroatoms. The van der Waals surface area contributed by atoms with E-state index in [0.717, 1.165) is 5.69 Å². The first-order valence-electron chi connectivity index (χ1n) is 8.93. The Morgan fingerprint density at radius 3 is 2.50 bits per heavy atom. The number of para-hydroxylation sites is 1. The molecule has 7 nitrogen and oxygen atoms in total. The zero-order chi connectivity index (χ0) is 20.3. The molecule has 2 aliphatic rings. The minimum absolute atomic E-state index is 0.0991. The summed E-state index contributed by atoms with van der Waals surface area (Å²) in [7, 11) is 4.79. The van der Waals surface area contributed by atoms with Crippen molar-refractivity contribution in [3.05, 3.63) is 57.6 Å². The van der Waals surface area contributed by atoms with Crippen LogP contribution >= 0.6 is 0 Å². The predicted molar refractivity (Wildman–Crippen MR) is 106 cm³/mol. The molecule has 2 aliphatic heterocycles. The SMILES string of the molecule is COc1cc2c(c(OC)c1[N+](=O)[O-])C=C[C@@]1(O2)N(C)c2ccccc2C1(C)C. The van der Waals surface area contributed by atoms with E-state index < -0.39 is 10.6 Å². The van der Waals surface area contributed by atoms with Crippen LogP contribution in [0.25, 0.3) is 6.08 Å². The number of nitro benzene ring substituents is 1. The summed E-state index contributed by atoms with van der Waals surface area (Å²) < 4.78 is 17.2. The smallest absolute Gasteiger partial charge is 0.353 e. The Morgan fingerprint density at radius 1 is 1.18 bits per heavy atom. The molecule has 0 radical (unpaired) electrons. The van der Waals surface area contributed by atoms with Crippen molar-refractivity contribution in [2.24, 2.45) is 0 Å². The highest BCUT2D eigenvalue weighted by Gasteiger charge is 2.58. The molecule has 0 aliphatic carbocycles. The molecular weight excluding hydrogens is 360 g/mol. The van der Waals surface area contributed by atoms with Crippen LogP contribution in [0.5, 0.6) is 17.2 Å². The number of nitrogens with zero attached hydrogens (tertiary/aromatic N) is 2. The molecule has 28 heavy (non-hydrogen) atoms. The molecule has 0 bridgehead atoms. The molecule has 0 fully saturated rings. The fourth-order valence-electron chi connectivity index (χ4n) is 4.39. The lowest BCUT2D eigenvalue weighted by Crippen LogP contribution is -2.58. The number of likely N-dealkylation sites (N-methyl/N-ethyl adjacent to an activating group) is 1. The van der Waals surface area contributed by atoms with E-state index in [4.69, 9.17) is 14.2 Å².